The molecular formula is C42H78O9Zr. The van der Waals surface area contributed by atoms with Crippen LogP contribution in [0.4, 0.5) is 0 Å². The second-order valence-corrected chi connectivity index (χ2v) is 15.6. The molecule has 9 nitrogen and oxygen atoms in total. The van der Waals surface area contributed by atoms with E-state index in [2.05, 4.69) is 33.9 Å². The summed E-state index contributed by atoms with van der Waals surface area (Å²) in [6.07, 6.45) is 19.8. The standard InChI is InChI=1S/C12H21O3.3C10H20O2.Zr/c1-4-7-14-10-12(6-3,9-13)11-15-8-5-2;3*1-4-5-6-7-8-10(2,3)9(11)12;/h4-5H,1-2,6-11H2,3H3;3*4-8H2,1-3H3,(H,11,12);/q-1;;;;+4/p-3. The number of unbranched alkanes of at least 4 members (excludes halogenated alkanes) is 9. The largest absolute Gasteiger partial charge is 4.00 e. The van der Waals surface area contributed by atoms with Gasteiger partial charge in [-0.1, -0.05) is 158 Å². The molecule has 0 rings (SSSR count). The molecule has 0 aromatic heterocycles. The first-order chi connectivity index (χ1) is 23.8. The summed E-state index contributed by atoms with van der Waals surface area (Å²) in [6, 6.07) is 0. The van der Waals surface area contributed by atoms with Gasteiger partial charge in [0.2, 0.25) is 0 Å². The average molecular weight is 818 g/mol. The third-order valence-corrected chi connectivity index (χ3v) is 8.97. The van der Waals surface area contributed by atoms with E-state index < -0.39 is 39.6 Å². The molecule has 0 N–H and O–H groups in total. The summed E-state index contributed by atoms with van der Waals surface area (Å²) >= 11 is 0. The normalized spacial score (nSPS) is 11.3. The predicted molar refractivity (Wildman–Crippen MR) is 202 cm³/mol. The first kappa shape index (κ1) is 59.9. The van der Waals surface area contributed by atoms with Crippen molar-refractivity contribution >= 4 is 17.9 Å². The van der Waals surface area contributed by atoms with Crippen LogP contribution in [-0.4, -0.2) is 50.9 Å². The number of aliphatic carboxylic acids is 3. The van der Waals surface area contributed by atoms with Crippen LogP contribution in [-0.2, 0) is 50.1 Å². The van der Waals surface area contributed by atoms with Gasteiger partial charge in [-0.25, -0.2) is 0 Å². The van der Waals surface area contributed by atoms with Crippen LogP contribution in [0.15, 0.2) is 25.3 Å². The molecule has 0 aromatic rings. The van der Waals surface area contributed by atoms with Crippen LogP contribution in [0.3, 0.4) is 0 Å². The Balaban J connectivity index is -0.000000189. The molecule has 0 aliphatic heterocycles. The monoisotopic (exact) mass is 816 g/mol. The van der Waals surface area contributed by atoms with E-state index in [0.29, 0.717) is 26.4 Å². The van der Waals surface area contributed by atoms with Crippen molar-refractivity contribution in [1.82, 2.24) is 0 Å². The summed E-state index contributed by atoms with van der Waals surface area (Å²) in [7, 11) is 0. The molecule has 0 aromatic carbocycles. The summed E-state index contributed by atoms with van der Waals surface area (Å²) in [5.41, 5.74) is -2.35. The molecule has 10 heteroatoms. The number of ether oxygens (including phenoxy) is 2. The van der Waals surface area contributed by atoms with Gasteiger partial charge in [-0.3, -0.25) is 0 Å². The Labute approximate surface area is 338 Å². The molecule has 0 radical (unpaired) electrons. The summed E-state index contributed by atoms with van der Waals surface area (Å²) < 4.78 is 10.7. The van der Waals surface area contributed by atoms with E-state index in [9.17, 15) is 34.8 Å². The van der Waals surface area contributed by atoms with Crippen LogP contribution in [0.1, 0.15) is 172 Å². The average Bonchev–Trinajstić information content (AvgIpc) is 3.07. The summed E-state index contributed by atoms with van der Waals surface area (Å²) in [4.78, 5) is 31.7. The third kappa shape index (κ3) is 35.7. The Morgan fingerprint density at radius 3 is 0.981 bits per heavy atom. The van der Waals surface area contributed by atoms with Crippen molar-refractivity contribution in [1.29, 1.82) is 0 Å². The fraction of sp³-hybridized carbons (Fsp3) is 0.833. The molecule has 52 heavy (non-hydrogen) atoms. The SMILES string of the molecule is C=CCOCC(CC)(C[O-])COCC=C.CCCCCCC(C)(C)C(=O)[O-].CCCCCCC(C)(C)C(=O)[O-].CCCCCCC(C)(C)C(=O)[O-].[Zr+4]. The van der Waals surface area contributed by atoms with Crippen LogP contribution in [0.25, 0.3) is 0 Å². The molecule has 0 saturated carbocycles. The van der Waals surface area contributed by atoms with Crippen LogP contribution in [0.2, 0.25) is 0 Å². The van der Waals surface area contributed by atoms with Crippen LogP contribution < -0.4 is 20.4 Å². The molecule has 0 unspecified atom stereocenters. The molecule has 0 aliphatic carbocycles. The maximum atomic E-state index is 11.2. The zero-order valence-corrected chi connectivity index (χ0v) is 37.6. The van der Waals surface area contributed by atoms with E-state index in [1.165, 1.54) is 38.5 Å². The number of carbonyl (C=O) groups is 3. The quantitative estimate of drug-likeness (QED) is 0.0648. The van der Waals surface area contributed by atoms with E-state index in [4.69, 9.17) is 9.47 Å². The van der Waals surface area contributed by atoms with Gasteiger partial charge in [0.25, 0.3) is 0 Å². The first-order valence-electron chi connectivity index (χ1n) is 19.4. The predicted octanol–water partition coefficient (Wildman–Crippen LogP) is 6.34. The van der Waals surface area contributed by atoms with Crippen molar-refractivity contribution in [3.8, 4) is 0 Å². The molecule has 0 bridgehead atoms. The van der Waals surface area contributed by atoms with Gasteiger partial charge >= 0.3 is 26.2 Å². The number of carboxylic acids is 3. The van der Waals surface area contributed by atoms with Gasteiger partial charge in [-0.15, -0.1) is 19.8 Å². The van der Waals surface area contributed by atoms with E-state index in [1.54, 1.807) is 53.7 Å². The number of hydrogen-bond donors (Lipinski definition) is 0. The Hall–Kier alpha value is -1.35. The number of rotatable bonds is 28. The minimum atomic E-state index is -0.931. The van der Waals surface area contributed by atoms with E-state index in [1.807, 2.05) is 6.92 Å². The third-order valence-electron chi connectivity index (χ3n) is 8.97. The molecule has 0 spiro atoms. The van der Waals surface area contributed by atoms with Crippen molar-refractivity contribution in [2.75, 3.05) is 33.0 Å². The van der Waals surface area contributed by atoms with Gasteiger partial charge in [0.15, 0.2) is 0 Å². The van der Waals surface area contributed by atoms with Gasteiger partial charge in [-0.2, -0.15) is 0 Å². The Morgan fingerprint density at radius 1 is 0.538 bits per heavy atom. The van der Waals surface area contributed by atoms with E-state index in [-0.39, 0.29) is 32.8 Å². The Bertz CT molecular complexity index is 784. The molecule has 0 heterocycles. The van der Waals surface area contributed by atoms with E-state index in [0.717, 1.165) is 64.2 Å². The second-order valence-electron chi connectivity index (χ2n) is 15.6. The molecule has 0 aliphatic rings. The number of hydrogen-bond acceptors (Lipinski definition) is 9. The van der Waals surface area contributed by atoms with Gasteiger partial charge in [0, 0.05) is 39.6 Å². The van der Waals surface area contributed by atoms with Gasteiger partial charge in [0.05, 0.1) is 26.4 Å². The zero-order chi connectivity index (χ0) is 40.4. The van der Waals surface area contributed by atoms with Crippen molar-refractivity contribution in [3.63, 3.8) is 0 Å². The fourth-order valence-corrected chi connectivity index (χ4v) is 4.44. The topological polar surface area (TPSA) is 162 Å². The number of carbonyl (C=O) groups excluding carboxylic acids is 3. The van der Waals surface area contributed by atoms with E-state index >= 15 is 0 Å². The summed E-state index contributed by atoms with van der Waals surface area (Å²) in [5, 5.41) is 42.9. The minimum absolute atomic E-state index is 0. The Morgan fingerprint density at radius 2 is 0.808 bits per heavy atom. The maximum Gasteiger partial charge on any atom is 4.00 e. The zero-order valence-electron chi connectivity index (χ0n) is 35.1. The minimum Gasteiger partial charge on any atom is -0.854 e. The molecule has 0 fully saturated rings. The maximum absolute atomic E-state index is 11.2. The fourth-order valence-electron chi connectivity index (χ4n) is 4.44. The van der Waals surface area contributed by atoms with Crippen molar-refractivity contribution in [3.05, 3.63) is 25.3 Å². The molecular weight excluding hydrogens is 740 g/mol. The molecule has 0 amide bonds. The van der Waals surface area contributed by atoms with Crippen molar-refractivity contribution in [2.24, 2.45) is 21.7 Å². The number of carboxylic acid groups (broad SMARTS) is 3. The van der Waals surface area contributed by atoms with Crippen LogP contribution >= 0.6 is 0 Å². The van der Waals surface area contributed by atoms with Crippen LogP contribution in [0, 0.1) is 21.7 Å². The van der Waals surface area contributed by atoms with Gasteiger partial charge in [0.1, 0.15) is 0 Å². The van der Waals surface area contributed by atoms with Gasteiger partial charge in [-0.05, 0) is 25.7 Å². The summed E-state index contributed by atoms with van der Waals surface area (Å²) in [5.74, 6) is -2.79. The van der Waals surface area contributed by atoms with Crippen molar-refractivity contribution in [2.45, 2.75) is 172 Å². The molecule has 0 saturated heterocycles. The summed E-state index contributed by atoms with van der Waals surface area (Å²) in [6.45, 7) is 27.5. The molecule has 0 atom stereocenters. The Kier molecular flexibility index (Phi) is 42.2. The second kappa shape index (κ2) is 36.6. The van der Waals surface area contributed by atoms with Gasteiger partial charge < -0.3 is 44.3 Å². The smallest absolute Gasteiger partial charge is 0.854 e. The van der Waals surface area contributed by atoms with Crippen LogP contribution in [0.5, 0.6) is 0 Å². The first-order valence-corrected chi connectivity index (χ1v) is 19.4. The molecule has 304 valence electrons. The van der Waals surface area contributed by atoms with Crippen molar-refractivity contribution < 1.29 is 70.5 Å².